The minimum Gasteiger partial charge on any atom is -0.378 e. The van der Waals surface area contributed by atoms with E-state index in [0.29, 0.717) is 6.10 Å². The zero-order valence-corrected chi connectivity index (χ0v) is 12.5. The highest BCUT2D eigenvalue weighted by Crippen LogP contribution is 2.12. The molecule has 0 unspecified atom stereocenters. The van der Waals surface area contributed by atoms with Crippen molar-refractivity contribution >= 4 is 0 Å². The molecular formula is C16H34O. The van der Waals surface area contributed by atoms with Gasteiger partial charge in [0.05, 0.1) is 6.10 Å². The first-order valence-electron chi connectivity index (χ1n) is 7.96. The lowest BCUT2D eigenvalue weighted by Gasteiger charge is -2.15. The molecule has 0 aliphatic rings. The predicted molar refractivity (Wildman–Crippen MR) is 77.5 cm³/mol. The van der Waals surface area contributed by atoms with Gasteiger partial charge in [0.25, 0.3) is 0 Å². The van der Waals surface area contributed by atoms with Gasteiger partial charge in [-0.3, -0.25) is 0 Å². The van der Waals surface area contributed by atoms with E-state index in [1.54, 1.807) is 0 Å². The van der Waals surface area contributed by atoms with Crippen molar-refractivity contribution < 1.29 is 4.74 Å². The van der Waals surface area contributed by atoms with Crippen LogP contribution < -0.4 is 0 Å². The molecule has 0 amide bonds. The first-order valence-corrected chi connectivity index (χ1v) is 7.96. The Morgan fingerprint density at radius 1 is 0.706 bits per heavy atom. The smallest absolute Gasteiger partial charge is 0.0572 e. The third-order valence-electron chi connectivity index (χ3n) is 3.44. The van der Waals surface area contributed by atoms with Gasteiger partial charge in [0.1, 0.15) is 0 Å². The summed E-state index contributed by atoms with van der Waals surface area (Å²) in [6.07, 6.45) is 15.1. The quantitative estimate of drug-likeness (QED) is 0.375. The van der Waals surface area contributed by atoms with Gasteiger partial charge in [-0.1, -0.05) is 72.1 Å². The summed E-state index contributed by atoms with van der Waals surface area (Å²) >= 11 is 0. The fraction of sp³-hybridized carbons (Fsp3) is 1.00. The number of hydrogen-bond acceptors (Lipinski definition) is 1. The Hall–Kier alpha value is -0.0400. The molecule has 0 spiro atoms. The highest BCUT2D eigenvalue weighted by Gasteiger charge is 2.05. The maximum absolute atomic E-state index is 5.95. The fourth-order valence-corrected chi connectivity index (χ4v) is 2.16. The Labute approximate surface area is 109 Å². The average molecular weight is 242 g/mol. The van der Waals surface area contributed by atoms with Gasteiger partial charge in [0.2, 0.25) is 0 Å². The van der Waals surface area contributed by atoms with E-state index in [4.69, 9.17) is 4.74 Å². The molecule has 0 bridgehead atoms. The topological polar surface area (TPSA) is 9.23 Å². The third kappa shape index (κ3) is 12.2. The highest BCUT2D eigenvalue weighted by molar-refractivity contribution is 4.56. The van der Waals surface area contributed by atoms with Crippen LogP contribution in [0, 0.1) is 0 Å². The van der Waals surface area contributed by atoms with Crippen molar-refractivity contribution in [1.29, 1.82) is 0 Å². The van der Waals surface area contributed by atoms with Gasteiger partial charge in [-0.25, -0.2) is 0 Å². The Morgan fingerprint density at radius 2 is 1.29 bits per heavy atom. The zero-order chi connectivity index (χ0) is 12.8. The zero-order valence-electron chi connectivity index (χ0n) is 12.5. The van der Waals surface area contributed by atoms with Crippen molar-refractivity contribution in [3.05, 3.63) is 0 Å². The molecule has 104 valence electrons. The van der Waals surface area contributed by atoms with E-state index in [9.17, 15) is 0 Å². The Bertz CT molecular complexity index is 133. The summed E-state index contributed by atoms with van der Waals surface area (Å²) in [5, 5.41) is 0. The van der Waals surface area contributed by atoms with Gasteiger partial charge < -0.3 is 4.74 Å². The molecule has 0 fully saturated rings. The van der Waals surface area contributed by atoms with Crippen molar-refractivity contribution in [3.63, 3.8) is 0 Å². The van der Waals surface area contributed by atoms with E-state index >= 15 is 0 Å². The highest BCUT2D eigenvalue weighted by atomic mass is 16.5. The summed E-state index contributed by atoms with van der Waals surface area (Å²) in [5.41, 5.74) is 0. The van der Waals surface area contributed by atoms with E-state index in [1.807, 2.05) is 0 Å². The van der Waals surface area contributed by atoms with Crippen molar-refractivity contribution in [2.75, 3.05) is 6.61 Å². The molecular weight excluding hydrogens is 208 g/mol. The maximum Gasteiger partial charge on any atom is 0.0572 e. The van der Waals surface area contributed by atoms with Crippen LogP contribution in [0.2, 0.25) is 0 Å². The molecule has 17 heavy (non-hydrogen) atoms. The molecule has 0 saturated heterocycles. The monoisotopic (exact) mass is 242 g/mol. The van der Waals surface area contributed by atoms with Gasteiger partial charge in [0.15, 0.2) is 0 Å². The molecule has 1 nitrogen and oxygen atoms in total. The van der Waals surface area contributed by atoms with Crippen molar-refractivity contribution in [2.45, 2.75) is 97.5 Å². The first kappa shape index (κ1) is 17.0. The van der Waals surface area contributed by atoms with E-state index < -0.39 is 0 Å². The molecule has 0 aliphatic heterocycles. The molecule has 0 aromatic rings. The van der Waals surface area contributed by atoms with Crippen LogP contribution in [0.5, 0.6) is 0 Å². The van der Waals surface area contributed by atoms with Crippen LogP contribution in [-0.4, -0.2) is 12.7 Å². The molecule has 0 aromatic carbocycles. The standard InChI is InChI=1S/C16H34O/c1-4-7-9-11-13-15-17-16(6-3)14-12-10-8-5-2/h16H,4-15H2,1-3H3/t16-/m0/s1. The Balaban J connectivity index is 3.28. The molecule has 1 atom stereocenters. The minimum atomic E-state index is 0.526. The number of rotatable bonds is 13. The van der Waals surface area contributed by atoms with Crippen LogP contribution in [0.3, 0.4) is 0 Å². The lowest BCUT2D eigenvalue weighted by atomic mass is 10.1. The minimum absolute atomic E-state index is 0.526. The van der Waals surface area contributed by atoms with Gasteiger partial charge >= 0.3 is 0 Å². The fourth-order valence-electron chi connectivity index (χ4n) is 2.16. The van der Waals surface area contributed by atoms with Crippen LogP contribution in [0.1, 0.15) is 91.4 Å². The first-order chi connectivity index (χ1) is 8.35. The predicted octanol–water partition coefficient (Wildman–Crippen LogP) is 5.72. The van der Waals surface area contributed by atoms with Gasteiger partial charge in [-0.2, -0.15) is 0 Å². The molecule has 1 heteroatoms. The lowest BCUT2D eigenvalue weighted by molar-refractivity contribution is 0.0407. The average Bonchev–Trinajstić information content (AvgIpc) is 2.36. The molecule has 0 aromatic heterocycles. The molecule has 0 saturated carbocycles. The largest absolute Gasteiger partial charge is 0.378 e. The summed E-state index contributed by atoms with van der Waals surface area (Å²) in [6.45, 7) is 7.77. The van der Waals surface area contributed by atoms with E-state index in [0.717, 1.165) is 6.61 Å². The van der Waals surface area contributed by atoms with Crippen molar-refractivity contribution in [2.24, 2.45) is 0 Å². The number of hydrogen-bond donors (Lipinski definition) is 0. The molecule has 0 rings (SSSR count). The summed E-state index contributed by atoms with van der Waals surface area (Å²) < 4.78 is 5.95. The van der Waals surface area contributed by atoms with Crippen LogP contribution in [0.25, 0.3) is 0 Å². The summed E-state index contributed by atoms with van der Waals surface area (Å²) in [4.78, 5) is 0. The third-order valence-corrected chi connectivity index (χ3v) is 3.44. The van der Waals surface area contributed by atoms with Gasteiger partial charge in [-0.15, -0.1) is 0 Å². The normalized spacial score (nSPS) is 12.9. The van der Waals surface area contributed by atoms with Crippen LogP contribution >= 0.6 is 0 Å². The van der Waals surface area contributed by atoms with E-state index in [2.05, 4.69) is 20.8 Å². The molecule has 0 heterocycles. The van der Waals surface area contributed by atoms with Crippen molar-refractivity contribution in [3.8, 4) is 0 Å². The summed E-state index contributed by atoms with van der Waals surface area (Å²) in [6, 6.07) is 0. The Kier molecular flexibility index (Phi) is 14.0. The van der Waals surface area contributed by atoms with Crippen LogP contribution in [0.4, 0.5) is 0 Å². The van der Waals surface area contributed by atoms with Crippen LogP contribution in [0.15, 0.2) is 0 Å². The second-order valence-electron chi connectivity index (χ2n) is 5.16. The second-order valence-corrected chi connectivity index (χ2v) is 5.16. The summed E-state index contributed by atoms with van der Waals surface area (Å²) in [5.74, 6) is 0. The SMILES string of the molecule is CCCCCCCO[C@@H](CC)CCCCCC. The molecule has 0 N–H and O–H groups in total. The van der Waals surface area contributed by atoms with Gasteiger partial charge in [-0.05, 0) is 19.3 Å². The van der Waals surface area contributed by atoms with E-state index in [1.165, 1.54) is 70.6 Å². The maximum atomic E-state index is 5.95. The van der Waals surface area contributed by atoms with E-state index in [-0.39, 0.29) is 0 Å². The number of unbranched alkanes of at least 4 members (excludes halogenated alkanes) is 7. The molecule has 0 aliphatic carbocycles. The summed E-state index contributed by atoms with van der Waals surface area (Å²) in [7, 11) is 0. The lowest BCUT2D eigenvalue weighted by Crippen LogP contribution is -2.12. The molecule has 0 radical (unpaired) electrons. The Morgan fingerprint density at radius 3 is 1.88 bits per heavy atom. The van der Waals surface area contributed by atoms with Gasteiger partial charge in [0, 0.05) is 6.61 Å². The van der Waals surface area contributed by atoms with Crippen molar-refractivity contribution in [1.82, 2.24) is 0 Å². The second kappa shape index (κ2) is 14.0. The number of ether oxygens (including phenoxy) is 1. The van der Waals surface area contributed by atoms with Crippen LogP contribution in [-0.2, 0) is 4.74 Å².